The van der Waals surface area contributed by atoms with Gasteiger partial charge in [-0.2, -0.15) is 0 Å². The molecule has 0 bridgehead atoms. The fraction of sp³-hybridized carbons (Fsp3) is 0.421. The molecule has 3 rings (SSSR count). The van der Waals surface area contributed by atoms with Crippen LogP contribution < -0.4 is 10.6 Å². The van der Waals surface area contributed by atoms with Crippen molar-refractivity contribution >= 4 is 29.2 Å². The SMILES string of the molecule is C/C(=C/C=C(\C)C(N)=O)Cn1cnc2c(N3CCCC(C=O)C3)ncnc21. The van der Waals surface area contributed by atoms with Gasteiger partial charge in [0, 0.05) is 31.1 Å². The molecule has 0 radical (unpaired) electrons. The van der Waals surface area contributed by atoms with E-state index in [0.717, 1.165) is 48.2 Å². The third kappa shape index (κ3) is 4.21. The Kier molecular flexibility index (Phi) is 5.63. The predicted molar refractivity (Wildman–Crippen MR) is 103 cm³/mol. The normalized spacial score (nSPS) is 18.7. The number of nitrogens with zero attached hydrogens (tertiary/aromatic N) is 5. The lowest BCUT2D eigenvalue weighted by atomic mass is 10.00. The lowest BCUT2D eigenvalue weighted by molar-refractivity contribution is -0.114. The van der Waals surface area contributed by atoms with Crippen LogP contribution in [-0.2, 0) is 16.1 Å². The van der Waals surface area contributed by atoms with E-state index < -0.39 is 5.91 Å². The number of amides is 1. The summed E-state index contributed by atoms with van der Waals surface area (Å²) in [7, 11) is 0. The van der Waals surface area contributed by atoms with Crippen molar-refractivity contribution in [3.63, 3.8) is 0 Å². The Labute approximate surface area is 157 Å². The highest BCUT2D eigenvalue weighted by atomic mass is 16.1. The van der Waals surface area contributed by atoms with Crippen molar-refractivity contribution in [3.05, 3.63) is 36.0 Å². The Hall–Kier alpha value is -3.03. The fourth-order valence-corrected chi connectivity index (χ4v) is 3.20. The minimum Gasteiger partial charge on any atom is -0.366 e. The summed E-state index contributed by atoms with van der Waals surface area (Å²) in [6.45, 7) is 5.77. The molecule has 1 unspecified atom stereocenters. The minimum absolute atomic E-state index is 0.0383. The number of allylic oxidation sites excluding steroid dienone is 3. The van der Waals surface area contributed by atoms with E-state index in [9.17, 15) is 9.59 Å². The van der Waals surface area contributed by atoms with Crippen LogP contribution in [0.4, 0.5) is 5.82 Å². The zero-order chi connectivity index (χ0) is 19.4. The van der Waals surface area contributed by atoms with Crippen molar-refractivity contribution < 1.29 is 9.59 Å². The molecule has 3 heterocycles. The van der Waals surface area contributed by atoms with Crippen LogP contribution in [0.1, 0.15) is 26.7 Å². The Balaban J connectivity index is 1.85. The Bertz CT molecular complexity index is 914. The number of carbonyl (C=O) groups is 2. The second-order valence-electron chi connectivity index (χ2n) is 6.95. The second-order valence-corrected chi connectivity index (χ2v) is 6.95. The first-order chi connectivity index (χ1) is 13.0. The van der Waals surface area contributed by atoms with Gasteiger partial charge in [0.05, 0.1) is 6.33 Å². The van der Waals surface area contributed by atoms with Crippen molar-refractivity contribution in [2.24, 2.45) is 11.7 Å². The standard InChI is InChI=1S/C19H24N6O2/c1-13(5-6-14(2)17(20)27)8-25-12-23-16-18(21-11-22-19(16)25)24-7-3-4-15(9-24)10-26/h5-6,10-12,15H,3-4,7-9H2,1-2H3,(H2,20,27)/b13-5-,14-6+. The van der Waals surface area contributed by atoms with E-state index >= 15 is 0 Å². The van der Waals surface area contributed by atoms with E-state index in [2.05, 4.69) is 19.9 Å². The summed E-state index contributed by atoms with van der Waals surface area (Å²) in [4.78, 5) is 37.7. The summed E-state index contributed by atoms with van der Waals surface area (Å²) < 4.78 is 1.95. The highest BCUT2D eigenvalue weighted by Crippen LogP contribution is 2.26. The third-order valence-electron chi connectivity index (χ3n) is 4.76. The number of rotatable bonds is 6. The van der Waals surface area contributed by atoms with Crippen molar-refractivity contribution in [1.29, 1.82) is 0 Å². The van der Waals surface area contributed by atoms with Gasteiger partial charge in [0.1, 0.15) is 12.6 Å². The van der Waals surface area contributed by atoms with Crippen LogP contribution >= 0.6 is 0 Å². The van der Waals surface area contributed by atoms with Crippen LogP contribution in [0.5, 0.6) is 0 Å². The Morgan fingerprint density at radius 2 is 2.11 bits per heavy atom. The fourth-order valence-electron chi connectivity index (χ4n) is 3.20. The van der Waals surface area contributed by atoms with E-state index in [1.807, 2.05) is 17.6 Å². The number of aldehydes is 1. The molecule has 2 N–H and O–H groups in total. The minimum atomic E-state index is -0.431. The highest BCUT2D eigenvalue weighted by molar-refractivity contribution is 5.91. The molecule has 142 valence electrons. The number of hydrogen-bond donors (Lipinski definition) is 1. The smallest absolute Gasteiger partial charge is 0.244 e. The third-order valence-corrected chi connectivity index (χ3v) is 4.76. The van der Waals surface area contributed by atoms with Gasteiger partial charge in [-0.05, 0) is 26.7 Å². The number of anilines is 1. The van der Waals surface area contributed by atoms with Crippen molar-refractivity contribution in [2.45, 2.75) is 33.2 Å². The zero-order valence-corrected chi connectivity index (χ0v) is 15.6. The molecule has 1 fully saturated rings. The molecule has 1 atom stereocenters. The van der Waals surface area contributed by atoms with E-state index in [4.69, 9.17) is 5.73 Å². The van der Waals surface area contributed by atoms with Crippen LogP contribution in [0.25, 0.3) is 11.2 Å². The first kappa shape index (κ1) is 18.8. The summed E-state index contributed by atoms with van der Waals surface area (Å²) >= 11 is 0. The number of fused-ring (bicyclic) bond motifs is 1. The van der Waals surface area contributed by atoms with Crippen LogP contribution in [0.3, 0.4) is 0 Å². The van der Waals surface area contributed by atoms with Crippen molar-refractivity contribution in [2.75, 3.05) is 18.0 Å². The molecule has 1 saturated heterocycles. The van der Waals surface area contributed by atoms with Crippen LogP contribution in [-0.4, -0.2) is 44.8 Å². The molecule has 0 spiro atoms. The molecule has 1 aliphatic rings. The van der Waals surface area contributed by atoms with E-state index in [1.165, 1.54) is 6.33 Å². The summed E-state index contributed by atoms with van der Waals surface area (Å²) in [6, 6.07) is 0. The summed E-state index contributed by atoms with van der Waals surface area (Å²) in [5, 5.41) is 0. The topological polar surface area (TPSA) is 107 Å². The van der Waals surface area contributed by atoms with Crippen LogP contribution in [0, 0.1) is 5.92 Å². The highest BCUT2D eigenvalue weighted by Gasteiger charge is 2.23. The molecule has 0 saturated carbocycles. The van der Waals surface area contributed by atoms with Crippen LogP contribution in [0.2, 0.25) is 0 Å². The number of nitrogens with two attached hydrogens (primary N) is 1. The summed E-state index contributed by atoms with van der Waals surface area (Å²) in [5.74, 6) is 0.382. The van der Waals surface area contributed by atoms with Gasteiger partial charge in [-0.25, -0.2) is 15.0 Å². The first-order valence-corrected chi connectivity index (χ1v) is 8.99. The van der Waals surface area contributed by atoms with Crippen LogP contribution in [0.15, 0.2) is 36.0 Å². The van der Waals surface area contributed by atoms with Gasteiger partial charge in [0.25, 0.3) is 0 Å². The van der Waals surface area contributed by atoms with Gasteiger partial charge in [0.2, 0.25) is 5.91 Å². The average molecular weight is 368 g/mol. The molecule has 0 aromatic carbocycles. The van der Waals surface area contributed by atoms with Crippen molar-refractivity contribution in [3.8, 4) is 0 Å². The number of hydrogen-bond acceptors (Lipinski definition) is 6. The molecule has 2 aromatic rings. The van der Waals surface area contributed by atoms with Gasteiger partial charge >= 0.3 is 0 Å². The Morgan fingerprint density at radius 3 is 2.85 bits per heavy atom. The molecule has 8 nitrogen and oxygen atoms in total. The molecule has 1 amide bonds. The number of aromatic nitrogens is 4. The largest absolute Gasteiger partial charge is 0.366 e. The molecule has 0 aliphatic carbocycles. The average Bonchev–Trinajstić information content (AvgIpc) is 3.08. The number of piperidine rings is 1. The number of carbonyl (C=O) groups excluding carboxylic acids is 2. The molecule has 8 heteroatoms. The van der Waals surface area contributed by atoms with E-state index in [0.29, 0.717) is 18.7 Å². The summed E-state index contributed by atoms with van der Waals surface area (Å²) in [5.41, 5.74) is 8.27. The lowest BCUT2D eigenvalue weighted by Crippen LogP contribution is -2.36. The maximum Gasteiger partial charge on any atom is 0.244 e. The monoisotopic (exact) mass is 368 g/mol. The van der Waals surface area contributed by atoms with Gasteiger partial charge in [0.15, 0.2) is 17.0 Å². The molecular weight excluding hydrogens is 344 g/mol. The Morgan fingerprint density at radius 1 is 1.30 bits per heavy atom. The lowest BCUT2D eigenvalue weighted by Gasteiger charge is -2.31. The van der Waals surface area contributed by atoms with Gasteiger partial charge in [-0.15, -0.1) is 0 Å². The van der Waals surface area contributed by atoms with Gasteiger partial charge in [-0.3, -0.25) is 4.79 Å². The summed E-state index contributed by atoms with van der Waals surface area (Å²) in [6.07, 6.45) is 9.77. The maximum atomic E-state index is 11.2. The first-order valence-electron chi connectivity index (χ1n) is 8.99. The zero-order valence-electron chi connectivity index (χ0n) is 15.6. The molecule has 27 heavy (non-hydrogen) atoms. The van der Waals surface area contributed by atoms with E-state index in [1.54, 1.807) is 19.3 Å². The molecule has 2 aromatic heterocycles. The number of primary amides is 1. The number of imidazole rings is 1. The van der Waals surface area contributed by atoms with Gasteiger partial charge < -0.3 is 20.0 Å². The molecular formula is C19H24N6O2. The van der Waals surface area contributed by atoms with Gasteiger partial charge in [-0.1, -0.05) is 17.7 Å². The molecule has 1 aliphatic heterocycles. The quantitative estimate of drug-likeness (QED) is 0.472. The maximum absolute atomic E-state index is 11.2. The predicted octanol–water partition coefficient (Wildman–Crippen LogP) is 1.62. The van der Waals surface area contributed by atoms with E-state index in [-0.39, 0.29) is 5.92 Å². The van der Waals surface area contributed by atoms with Crippen molar-refractivity contribution in [1.82, 2.24) is 19.5 Å². The second kappa shape index (κ2) is 8.11.